The van der Waals surface area contributed by atoms with E-state index in [1.54, 1.807) is 7.05 Å². The van der Waals surface area contributed by atoms with Crippen molar-refractivity contribution in [3.8, 4) is 0 Å². The van der Waals surface area contributed by atoms with Crippen LogP contribution in [0.3, 0.4) is 0 Å². The fourth-order valence-electron chi connectivity index (χ4n) is 3.04. The Kier molecular flexibility index (Phi) is 5.02. The van der Waals surface area contributed by atoms with E-state index >= 15 is 0 Å². The van der Waals surface area contributed by atoms with Gasteiger partial charge in [-0.1, -0.05) is 0 Å². The van der Waals surface area contributed by atoms with Gasteiger partial charge in [0.25, 0.3) is 10.0 Å². The van der Waals surface area contributed by atoms with Crippen LogP contribution in [0.5, 0.6) is 0 Å². The first-order chi connectivity index (χ1) is 11.5. The van der Waals surface area contributed by atoms with E-state index < -0.39 is 10.0 Å². The van der Waals surface area contributed by atoms with Crippen LogP contribution in [0.1, 0.15) is 31.4 Å². The minimum absolute atomic E-state index is 0.0799. The zero-order chi connectivity index (χ0) is 17.2. The van der Waals surface area contributed by atoms with Gasteiger partial charge < -0.3 is 4.74 Å². The zero-order valence-corrected chi connectivity index (χ0v) is 14.7. The molecule has 0 aliphatic carbocycles. The summed E-state index contributed by atoms with van der Waals surface area (Å²) in [5.74, 6) is 0.0799. The molecule has 132 valence electrons. The molecule has 9 heteroatoms. The summed E-state index contributed by atoms with van der Waals surface area (Å²) in [6, 6.07) is 1.49. The summed E-state index contributed by atoms with van der Waals surface area (Å²) in [6.07, 6.45) is 6.96. The van der Waals surface area contributed by atoms with Crippen LogP contribution < -0.4 is 4.72 Å². The summed E-state index contributed by atoms with van der Waals surface area (Å²) in [6.45, 7) is 3.84. The number of rotatable bonds is 6. The minimum Gasteiger partial charge on any atom is -0.373 e. The Morgan fingerprint density at radius 3 is 2.92 bits per heavy atom. The molecule has 1 aliphatic rings. The van der Waals surface area contributed by atoms with Crippen LogP contribution in [0.4, 0.5) is 0 Å². The van der Waals surface area contributed by atoms with Gasteiger partial charge in [0.1, 0.15) is 0 Å². The van der Waals surface area contributed by atoms with Crippen LogP contribution in [0.2, 0.25) is 0 Å². The quantitative estimate of drug-likeness (QED) is 0.839. The molecule has 1 N–H and O–H groups in total. The topological polar surface area (TPSA) is 91.0 Å². The molecule has 0 amide bonds. The van der Waals surface area contributed by atoms with Gasteiger partial charge in [0.05, 0.1) is 18.5 Å². The van der Waals surface area contributed by atoms with Crippen LogP contribution in [-0.2, 0) is 28.4 Å². The first-order valence-electron chi connectivity index (χ1n) is 8.13. The van der Waals surface area contributed by atoms with Crippen molar-refractivity contribution in [1.29, 1.82) is 0 Å². The minimum atomic E-state index is -3.58. The molecule has 24 heavy (non-hydrogen) atoms. The lowest BCUT2D eigenvalue weighted by Crippen LogP contribution is -2.35. The van der Waals surface area contributed by atoms with E-state index in [1.807, 2.05) is 24.0 Å². The molecule has 3 rings (SSSR count). The van der Waals surface area contributed by atoms with Gasteiger partial charge in [-0.25, -0.2) is 13.1 Å². The van der Waals surface area contributed by atoms with Crippen molar-refractivity contribution in [1.82, 2.24) is 24.3 Å². The van der Waals surface area contributed by atoms with Gasteiger partial charge >= 0.3 is 0 Å². The molecule has 0 spiro atoms. The second-order valence-corrected chi connectivity index (χ2v) is 7.68. The number of sulfonamides is 1. The molecule has 0 aromatic carbocycles. The van der Waals surface area contributed by atoms with E-state index in [-0.39, 0.29) is 17.0 Å². The summed E-state index contributed by atoms with van der Waals surface area (Å²) < 4.78 is 36.6. The maximum absolute atomic E-state index is 12.4. The lowest BCUT2D eigenvalue weighted by Gasteiger charge is -2.31. The van der Waals surface area contributed by atoms with Gasteiger partial charge in [-0.05, 0) is 25.8 Å². The fourth-order valence-corrected chi connectivity index (χ4v) is 4.25. The van der Waals surface area contributed by atoms with Gasteiger partial charge in [0, 0.05) is 44.4 Å². The maximum Gasteiger partial charge on any atom is 0.257 e. The smallest absolute Gasteiger partial charge is 0.257 e. The maximum atomic E-state index is 12.4. The van der Waals surface area contributed by atoms with E-state index in [4.69, 9.17) is 4.74 Å². The molecule has 1 aliphatic heterocycles. The summed E-state index contributed by atoms with van der Waals surface area (Å²) in [5.41, 5.74) is 1.00. The van der Waals surface area contributed by atoms with Gasteiger partial charge in [-0.15, -0.1) is 0 Å². The lowest BCUT2D eigenvalue weighted by atomic mass is 9.91. The van der Waals surface area contributed by atoms with E-state index in [0.717, 1.165) is 24.9 Å². The Morgan fingerprint density at radius 2 is 2.25 bits per heavy atom. The van der Waals surface area contributed by atoms with Crippen molar-refractivity contribution in [2.75, 3.05) is 13.2 Å². The molecular formula is C15H23N5O3S. The number of hydrogen-bond acceptors (Lipinski definition) is 5. The molecule has 0 radical (unpaired) electrons. The summed E-state index contributed by atoms with van der Waals surface area (Å²) in [5, 5.41) is 8.37. The van der Waals surface area contributed by atoms with Crippen LogP contribution >= 0.6 is 0 Å². The van der Waals surface area contributed by atoms with E-state index in [0.29, 0.717) is 13.2 Å². The van der Waals surface area contributed by atoms with Gasteiger partial charge in [-0.2, -0.15) is 10.2 Å². The van der Waals surface area contributed by atoms with E-state index in [1.165, 1.54) is 16.9 Å². The van der Waals surface area contributed by atoms with Crippen molar-refractivity contribution >= 4 is 10.0 Å². The Hall–Kier alpha value is -1.71. The highest BCUT2D eigenvalue weighted by atomic mass is 32.2. The van der Waals surface area contributed by atoms with Crippen molar-refractivity contribution < 1.29 is 13.2 Å². The molecule has 1 fully saturated rings. The lowest BCUT2D eigenvalue weighted by molar-refractivity contribution is -0.0262. The third-order valence-electron chi connectivity index (χ3n) is 4.34. The van der Waals surface area contributed by atoms with Gasteiger partial charge in [0.2, 0.25) is 0 Å². The molecule has 3 heterocycles. The Morgan fingerprint density at radius 1 is 1.42 bits per heavy atom. The molecular weight excluding hydrogens is 330 g/mol. The first-order valence-corrected chi connectivity index (χ1v) is 9.61. The highest BCUT2D eigenvalue weighted by molar-refractivity contribution is 7.89. The number of nitrogens with zero attached hydrogens (tertiary/aromatic N) is 4. The molecule has 2 aromatic heterocycles. The molecule has 2 atom stereocenters. The molecule has 0 unspecified atom stereocenters. The highest BCUT2D eigenvalue weighted by Crippen LogP contribution is 2.33. The Balaban J connectivity index is 1.71. The van der Waals surface area contributed by atoms with Crippen molar-refractivity contribution in [3.05, 3.63) is 30.2 Å². The highest BCUT2D eigenvalue weighted by Gasteiger charge is 2.30. The van der Waals surface area contributed by atoms with Crippen molar-refractivity contribution in [3.63, 3.8) is 0 Å². The monoisotopic (exact) mass is 353 g/mol. The third kappa shape index (κ3) is 3.52. The second-order valence-electron chi connectivity index (χ2n) is 5.97. The van der Waals surface area contributed by atoms with Crippen molar-refractivity contribution in [2.45, 2.75) is 37.4 Å². The Labute approximate surface area is 141 Å². The summed E-state index contributed by atoms with van der Waals surface area (Å²) in [4.78, 5) is 0. The number of hydrogen-bond donors (Lipinski definition) is 1. The van der Waals surface area contributed by atoms with E-state index in [2.05, 4.69) is 14.9 Å². The summed E-state index contributed by atoms with van der Waals surface area (Å²) >= 11 is 0. The number of aryl methyl sites for hydroxylation is 2. The number of aromatic nitrogens is 4. The normalized spacial score (nSPS) is 21.9. The molecule has 0 saturated carbocycles. The van der Waals surface area contributed by atoms with Gasteiger partial charge in [0.15, 0.2) is 5.03 Å². The molecule has 8 nitrogen and oxygen atoms in total. The molecule has 1 saturated heterocycles. The SMILES string of the molecule is CCn1cc([C@@H]2OCCC[C@H]2CNS(=O)(=O)c2ccnn2C)cn1. The van der Waals surface area contributed by atoms with Crippen LogP contribution in [0.15, 0.2) is 29.7 Å². The predicted molar refractivity (Wildman–Crippen MR) is 87.7 cm³/mol. The molecule has 0 bridgehead atoms. The van der Waals surface area contributed by atoms with Crippen LogP contribution in [0.25, 0.3) is 0 Å². The predicted octanol–water partition coefficient (Wildman–Crippen LogP) is 1.08. The number of nitrogens with one attached hydrogen (secondary N) is 1. The fraction of sp³-hybridized carbons (Fsp3) is 0.600. The second kappa shape index (κ2) is 7.04. The average molecular weight is 353 g/mol. The Bertz CT molecular complexity index is 783. The first kappa shape index (κ1) is 17.1. The zero-order valence-electron chi connectivity index (χ0n) is 13.9. The standard InChI is InChI=1S/C15H23N5O3S/c1-3-20-11-13(9-17-20)15-12(5-4-8-23-15)10-18-24(21,22)14-6-7-16-19(14)2/h6-7,9,11-12,15,18H,3-5,8,10H2,1-2H3/t12-,15+/m0/s1. The third-order valence-corrected chi connectivity index (χ3v) is 5.84. The number of ether oxygens (including phenoxy) is 1. The van der Waals surface area contributed by atoms with Crippen LogP contribution in [0, 0.1) is 5.92 Å². The van der Waals surface area contributed by atoms with E-state index in [9.17, 15) is 8.42 Å². The largest absolute Gasteiger partial charge is 0.373 e. The summed E-state index contributed by atoms with van der Waals surface area (Å²) in [7, 11) is -1.97. The average Bonchev–Trinajstić information content (AvgIpc) is 3.22. The molecule has 2 aromatic rings. The van der Waals surface area contributed by atoms with Gasteiger partial charge in [-0.3, -0.25) is 9.36 Å². The van der Waals surface area contributed by atoms with Crippen molar-refractivity contribution in [2.24, 2.45) is 13.0 Å². The van der Waals surface area contributed by atoms with Crippen LogP contribution in [-0.4, -0.2) is 41.1 Å².